The monoisotopic (exact) mass is 271 g/mol. The van der Waals surface area contributed by atoms with E-state index in [1.54, 1.807) is 13.8 Å². The third-order valence-corrected chi connectivity index (χ3v) is 3.90. The van der Waals surface area contributed by atoms with E-state index in [4.69, 9.17) is 10.5 Å². The molecule has 0 aromatic rings. The van der Waals surface area contributed by atoms with Crippen LogP contribution in [0.5, 0.6) is 0 Å². The van der Waals surface area contributed by atoms with Crippen LogP contribution in [0.25, 0.3) is 0 Å². The second-order valence-electron chi connectivity index (χ2n) is 5.95. The number of esters is 1. The summed E-state index contributed by atoms with van der Waals surface area (Å²) in [6.07, 6.45) is 3.11. The first kappa shape index (κ1) is 16.4. The first-order valence-electron chi connectivity index (χ1n) is 7.21. The number of carbonyl (C=O) groups excluding carboxylic acids is 1. The number of likely N-dealkylation sites (N-methyl/N-ethyl adjacent to an activating group) is 1. The molecule has 0 aliphatic carbocycles. The number of likely N-dealkylation sites (tertiary alicyclic amines) is 1. The summed E-state index contributed by atoms with van der Waals surface area (Å²) in [5.74, 6) is -0.295. The summed E-state index contributed by atoms with van der Waals surface area (Å²) in [4.78, 5) is 16.4. The van der Waals surface area contributed by atoms with Gasteiger partial charge in [0.05, 0.1) is 6.61 Å². The zero-order chi connectivity index (χ0) is 14.5. The molecule has 0 aromatic heterocycles. The van der Waals surface area contributed by atoms with Crippen LogP contribution in [0.4, 0.5) is 0 Å². The minimum Gasteiger partial charge on any atom is -0.465 e. The van der Waals surface area contributed by atoms with Gasteiger partial charge in [0.25, 0.3) is 0 Å². The lowest BCUT2D eigenvalue weighted by Crippen LogP contribution is -2.51. The molecule has 1 fully saturated rings. The van der Waals surface area contributed by atoms with E-state index in [1.807, 2.05) is 0 Å². The molecule has 1 aliphatic heterocycles. The van der Waals surface area contributed by atoms with Crippen LogP contribution in [-0.4, -0.2) is 67.7 Å². The van der Waals surface area contributed by atoms with Crippen LogP contribution in [0, 0.1) is 0 Å². The largest absolute Gasteiger partial charge is 0.465 e. The molecule has 5 heteroatoms. The maximum absolute atomic E-state index is 11.7. The van der Waals surface area contributed by atoms with Gasteiger partial charge in [-0.3, -0.25) is 4.79 Å². The van der Waals surface area contributed by atoms with Crippen LogP contribution < -0.4 is 5.73 Å². The van der Waals surface area contributed by atoms with Crippen molar-refractivity contribution in [3.8, 4) is 0 Å². The van der Waals surface area contributed by atoms with Crippen molar-refractivity contribution >= 4 is 5.97 Å². The zero-order valence-electron chi connectivity index (χ0n) is 12.8. The molecule has 2 N–H and O–H groups in total. The van der Waals surface area contributed by atoms with E-state index in [-0.39, 0.29) is 5.97 Å². The SMILES string of the molecule is CCOC(=O)C(C)(N)CCN1CCCC(N(C)C)C1. The number of ether oxygens (including phenoxy) is 1. The van der Waals surface area contributed by atoms with Crippen LogP contribution in [0.2, 0.25) is 0 Å². The lowest BCUT2D eigenvalue weighted by molar-refractivity contribution is -0.149. The molecular formula is C14H29N3O2. The second-order valence-corrected chi connectivity index (χ2v) is 5.95. The van der Waals surface area contributed by atoms with E-state index in [2.05, 4.69) is 23.9 Å². The Bertz CT molecular complexity index is 292. The van der Waals surface area contributed by atoms with Crippen LogP contribution in [0.15, 0.2) is 0 Å². The average Bonchev–Trinajstić information content (AvgIpc) is 2.37. The van der Waals surface area contributed by atoms with Crippen LogP contribution in [0.1, 0.15) is 33.1 Å². The number of hydrogen-bond donors (Lipinski definition) is 1. The van der Waals surface area contributed by atoms with Crippen molar-refractivity contribution in [2.75, 3.05) is 40.3 Å². The van der Waals surface area contributed by atoms with E-state index in [1.165, 1.54) is 12.8 Å². The van der Waals surface area contributed by atoms with E-state index in [0.29, 0.717) is 19.1 Å². The Hall–Kier alpha value is -0.650. The van der Waals surface area contributed by atoms with Crippen molar-refractivity contribution < 1.29 is 9.53 Å². The normalized spacial score (nSPS) is 24.2. The van der Waals surface area contributed by atoms with Gasteiger partial charge in [0.15, 0.2) is 0 Å². The zero-order valence-corrected chi connectivity index (χ0v) is 12.8. The molecule has 112 valence electrons. The van der Waals surface area contributed by atoms with Gasteiger partial charge in [-0.1, -0.05) is 0 Å². The standard InChI is InChI=1S/C14H29N3O2/c1-5-19-13(18)14(2,15)8-10-17-9-6-7-12(11-17)16(3)4/h12H,5-11,15H2,1-4H3. The average molecular weight is 271 g/mol. The number of nitrogens with zero attached hydrogens (tertiary/aromatic N) is 2. The Morgan fingerprint density at radius 2 is 2.21 bits per heavy atom. The van der Waals surface area contributed by atoms with Crippen molar-refractivity contribution in [2.24, 2.45) is 5.73 Å². The fourth-order valence-electron chi connectivity index (χ4n) is 2.44. The number of piperidine rings is 1. The summed E-state index contributed by atoms with van der Waals surface area (Å²) in [6, 6.07) is 0.611. The highest BCUT2D eigenvalue weighted by Gasteiger charge is 2.31. The van der Waals surface area contributed by atoms with Gasteiger partial charge >= 0.3 is 5.97 Å². The van der Waals surface area contributed by atoms with Crippen molar-refractivity contribution in [1.29, 1.82) is 0 Å². The second kappa shape index (κ2) is 7.22. The van der Waals surface area contributed by atoms with Gasteiger partial charge in [-0.05, 0) is 53.8 Å². The molecule has 0 amide bonds. The number of nitrogens with two attached hydrogens (primary N) is 1. The molecule has 1 aliphatic rings. The number of rotatable bonds is 6. The van der Waals surface area contributed by atoms with Gasteiger partial charge in [0.2, 0.25) is 0 Å². The Balaban J connectivity index is 2.41. The van der Waals surface area contributed by atoms with E-state index >= 15 is 0 Å². The molecule has 2 atom stereocenters. The van der Waals surface area contributed by atoms with Gasteiger partial charge in [-0.2, -0.15) is 0 Å². The smallest absolute Gasteiger partial charge is 0.325 e. The fraction of sp³-hybridized carbons (Fsp3) is 0.929. The van der Waals surface area contributed by atoms with E-state index < -0.39 is 5.54 Å². The van der Waals surface area contributed by atoms with Crippen LogP contribution in [0.3, 0.4) is 0 Å². The molecule has 0 bridgehead atoms. The summed E-state index contributed by atoms with van der Waals surface area (Å²) in [6.45, 7) is 6.97. The molecule has 1 heterocycles. The maximum Gasteiger partial charge on any atom is 0.325 e. The molecule has 0 radical (unpaired) electrons. The molecule has 0 saturated carbocycles. The van der Waals surface area contributed by atoms with E-state index in [9.17, 15) is 4.79 Å². The fourth-order valence-corrected chi connectivity index (χ4v) is 2.44. The molecular weight excluding hydrogens is 242 g/mol. The number of hydrogen-bond acceptors (Lipinski definition) is 5. The molecule has 5 nitrogen and oxygen atoms in total. The first-order valence-corrected chi connectivity index (χ1v) is 7.21. The Morgan fingerprint density at radius 1 is 1.53 bits per heavy atom. The van der Waals surface area contributed by atoms with Gasteiger partial charge in [0, 0.05) is 19.1 Å². The lowest BCUT2D eigenvalue weighted by atomic mass is 9.97. The molecule has 0 aromatic carbocycles. The van der Waals surface area contributed by atoms with Gasteiger partial charge in [-0.25, -0.2) is 0 Å². The molecule has 19 heavy (non-hydrogen) atoms. The quantitative estimate of drug-likeness (QED) is 0.720. The minimum atomic E-state index is -0.874. The summed E-state index contributed by atoms with van der Waals surface area (Å²) < 4.78 is 5.02. The summed E-state index contributed by atoms with van der Waals surface area (Å²) >= 11 is 0. The van der Waals surface area contributed by atoms with Crippen molar-refractivity contribution in [1.82, 2.24) is 9.80 Å². The van der Waals surface area contributed by atoms with Gasteiger partial charge in [0.1, 0.15) is 5.54 Å². The molecule has 1 rings (SSSR count). The van der Waals surface area contributed by atoms with Crippen LogP contribution >= 0.6 is 0 Å². The predicted octanol–water partition coefficient (Wildman–Crippen LogP) is 0.683. The highest BCUT2D eigenvalue weighted by molar-refractivity contribution is 5.79. The third kappa shape index (κ3) is 5.09. The predicted molar refractivity (Wildman–Crippen MR) is 77.0 cm³/mol. The van der Waals surface area contributed by atoms with Gasteiger partial charge < -0.3 is 20.3 Å². The molecule has 0 spiro atoms. The summed E-state index contributed by atoms with van der Waals surface area (Å²) in [7, 11) is 4.25. The van der Waals surface area contributed by atoms with Crippen molar-refractivity contribution in [3.63, 3.8) is 0 Å². The van der Waals surface area contributed by atoms with Crippen molar-refractivity contribution in [3.05, 3.63) is 0 Å². The molecule has 2 unspecified atom stereocenters. The minimum absolute atomic E-state index is 0.295. The summed E-state index contributed by atoms with van der Waals surface area (Å²) in [5, 5.41) is 0. The number of carbonyl (C=O) groups is 1. The maximum atomic E-state index is 11.7. The molecule has 1 saturated heterocycles. The highest BCUT2D eigenvalue weighted by Crippen LogP contribution is 2.16. The Kier molecular flexibility index (Phi) is 6.23. The topological polar surface area (TPSA) is 58.8 Å². The lowest BCUT2D eigenvalue weighted by Gasteiger charge is -2.37. The third-order valence-electron chi connectivity index (χ3n) is 3.90. The summed E-state index contributed by atoms with van der Waals surface area (Å²) in [5.41, 5.74) is 5.17. The highest BCUT2D eigenvalue weighted by atomic mass is 16.5. The van der Waals surface area contributed by atoms with Crippen LogP contribution in [-0.2, 0) is 9.53 Å². The Morgan fingerprint density at radius 3 is 2.79 bits per heavy atom. The Labute approximate surface area is 117 Å². The first-order chi connectivity index (χ1) is 8.86. The van der Waals surface area contributed by atoms with E-state index in [0.717, 1.165) is 19.6 Å². The van der Waals surface area contributed by atoms with Gasteiger partial charge in [-0.15, -0.1) is 0 Å². The van der Waals surface area contributed by atoms with Crippen molar-refractivity contribution in [2.45, 2.75) is 44.7 Å².